The average Bonchev–Trinajstić information content (AvgIpc) is 3.50. The zero-order valence-electron chi connectivity index (χ0n) is 24.5. The van der Waals surface area contributed by atoms with Crippen LogP contribution in [0.25, 0.3) is 11.3 Å². The molecule has 2 amide bonds. The van der Waals surface area contributed by atoms with Crippen molar-refractivity contribution in [2.45, 2.75) is 20.3 Å². The number of aromatic nitrogens is 2. The van der Waals surface area contributed by atoms with Gasteiger partial charge >= 0.3 is 0 Å². The van der Waals surface area contributed by atoms with Crippen molar-refractivity contribution in [1.29, 1.82) is 0 Å². The Morgan fingerprint density at radius 1 is 0.929 bits per heavy atom. The van der Waals surface area contributed by atoms with Gasteiger partial charge in [0.2, 0.25) is 12.7 Å². The van der Waals surface area contributed by atoms with Crippen LogP contribution in [-0.2, 0) is 4.79 Å². The number of hydrogen-bond donors (Lipinski definition) is 0. The van der Waals surface area contributed by atoms with E-state index in [-0.39, 0.29) is 25.2 Å². The van der Waals surface area contributed by atoms with Gasteiger partial charge in [0.05, 0.1) is 19.9 Å². The molecule has 0 spiro atoms. The Balaban J connectivity index is 1.20. The maximum atomic E-state index is 13.4. The van der Waals surface area contributed by atoms with E-state index >= 15 is 0 Å². The molecule has 42 heavy (non-hydrogen) atoms. The Bertz CT molecular complexity index is 1410. The predicted molar refractivity (Wildman–Crippen MR) is 157 cm³/mol. The van der Waals surface area contributed by atoms with E-state index in [1.807, 2.05) is 35.2 Å². The third-order valence-corrected chi connectivity index (χ3v) is 7.50. The van der Waals surface area contributed by atoms with Crippen molar-refractivity contribution >= 4 is 17.6 Å². The summed E-state index contributed by atoms with van der Waals surface area (Å²) in [6.07, 6.45) is 0.800. The maximum absolute atomic E-state index is 13.4. The fourth-order valence-corrected chi connectivity index (χ4v) is 4.97. The summed E-state index contributed by atoms with van der Waals surface area (Å²) in [4.78, 5) is 32.4. The van der Waals surface area contributed by atoms with Gasteiger partial charge in [-0.15, -0.1) is 10.2 Å². The Morgan fingerprint density at radius 3 is 2.40 bits per heavy atom. The standard InChI is InChI=1S/C31H37N5O6/c1-21(2)11-12-36(31(38)22-5-9-26-28(17-22)42-20-41-26)19-30(37)35-15-13-34(14-16-35)29-10-8-25(32-33-29)24-7-6-23(39-3)18-27(24)40-4/h5-10,17-18,21H,11-16,19-20H2,1-4H3. The van der Waals surface area contributed by atoms with Crippen LogP contribution in [-0.4, -0.2) is 92.1 Å². The molecule has 0 radical (unpaired) electrons. The maximum Gasteiger partial charge on any atom is 0.254 e. The summed E-state index contributed by atoms with van der Waals surface area (Å²) in [7, 11) is 3.22. The minimum atomic E-state index is -0.190. The van der Waals surface area contributed by atoms with Crippen LogP contribution in [0.3, 0.4) is 0 Å². The molecule has 0 unspecified atom stereocenters. The molecule has 0 N–H and O–H groups in total. The molecular formula is C31H37N5O6. The number of ether oxygens (including phenoxy) is 4. The molecule has 2 aliphatic heterocycles. The largest absolute Gasteiger partial charge is 0.497 e. The van der Waals surface area contributed by atoms with Gasteiger partial charge in [-0.25, -0.2) is 0 Å². The number of carbonyl (C=O) groups excluding carboxylic acids is 2. The highest BCUT2D eigenvalue weighted by Crippen LogP contribution is 2.34. The summed E-state index contributed by atoms with van der Waals surface area (Å²) in [6, 6.07) is 14.6. The molecule has 2 aliphatic rings. The van der Waals surface area contributed by atoms with E-state index in [0.717, 1.165) is 17.8 Å². The van der Waals surface area contributed by atoms with Crippen LogP contribution >= 0.6 is 0 Å². The van der Waals surface area contributed by atoms with Crippen molar-refractivity contribution in [2.75, 3.05) is 65.2 Å². The molecule has 5 rings (SSSR count). The van der Waals surface area contributed by atoms with Crippen LogP contribution in [0.1, 0.15) is 30.6 Å². The van der Waals surface area contributed by atoms with E-state index in [9.17, 15) is 9.59 Å². The summed E-state index contributed by atoms with van der Waals surface area (Å²) < 4.78 is 21.6. The zero-order valence-corrected chi connectivity index (χ0v) is 24.5. The monoisotopic (exact) mass is 575 g/mol. The highest BCUT2D eigenvalue weighted by Gasteiger charge is 2.27. The number of amides is 2. The number of hydrogen-bond acceptors (Lipinski definition) is 9. The topological polar surface area (TPSA) is 107 Å². The lowest BCUT2D eigenvalue weighted by Crippen LogP contribution is -2.52. The molecular weight excluding hydrogens is 538 g/mol. The van der Waals surface area contributed by atoms with Crippen LogP contribution in [0.2, 0.25) is 0 Å². The van der Waals surface area contributed by atoms with Crippen LogP contribution < -0.4 is 23.8 Å². The molecule has 2 aromatic carbocycles. The van der Waals surface area contributed by atoms with E-state index in [1.165, 1.54) is 0 Å². The fourth-order valence-electron chi connectivity index (χ4n) is 4.97. The first-order valence-corrected chi connectivity index (χ1v) is 14.1. The van der Waals surface area contributed by atoms with Gasteiger partial charge in [0.15, 0.2) is 17.3 Å². The molecule has 3 aromatic rings. The third kappa shape index (κ3) is 6.50. The molecule has 0 atom stereocenters. The predicted octanol–water partition coefficient (Wildman–Crippen LogP) is 3.73. The number of nitrogens with zero attached hydrogens (tertiary/aromatic N) is 5. The number of piperazine rings is 1. The molecule has 0 aliphatic carbocycles. The molecule has 1 fully saturated rings. The van der Waals surface area contributed by atoms with Gasteiger partial charge in [-0.05, 0) is 54.8 Å². The first-order valence-electron chi connectivity index (χ1n) is 14.1. The van der Waals surface area contributed by atoms with E-state index in [2.05, 4.69) is 28.9 Å². The number of methoxy groups -OCH3 is 2. The number of anilines is 1. The van der Waals surface area contributed by atoms with E-state index in [1.54, 1.807) is 37.3 Å². The van der Waals surface area contributed by atoms with Crippen molar-refractivity contribution in [1.82, 2.24) is 20.0 Å². The second kappa shape index (κ2) is 13.0. The lowest BCUT2D eigenvalue weighted by Gasteiger charge is -2.36. The number of benzene rings is 2. The molecule has 1 aromatic heterocycles. The van der Waals surface area contributed by atoms with Crippen LogP contribution in [0, 0.1) is 5.92 Å². The minimum Gasteiger partial charge on any atom is -0.497 e. The summed E-state index contributed by atoms with van der Waals surface area (Å²) in [6.45, 7) is 7.18. The summed E-state index contributed by atoms with van der Waals surface area (Å²) >= 11 is 0. The average molecular weight is 576 g/mol. The summed E-state index contributed by atoms with van der Waals surface area (Å²) in [5, 5.41) is 8.88. The quantitative estimate of drug-likeness (QED) is 0.358. The van der Waals surface area contributed by atoms with Gasteiger partial charge in [0, 0.05) is 49.9 Å². The third-order valence-electron chi connectivity index (χ3n) is 7.50. The molecule has 222 valence electrons. The minimum absolute atomic E-state index is 0.0260. The molecule has 0 saturated carbocycles. The molecule has 11 heteroatoms. The smallest absolute Gasteiger partial charge is 0.254 e. The van der Waals surface area contributed by atoms with Crippen molar-refractivity contribution < 1.29 is 28.5 Å². The van der Waals surface area contributed by atoms with Crippen LogP contribution in [0.5, 0.6) is 23.0 Å². The van der Waals surface area contributed by atoms with Gasteiger partial charge in [-0.1, -0.05) is 13.8 Å². The summed E-state index contributed by atoms with van der Waals surface area (Å²) in [5.74, 6) is 3.41. The van der Waals surface area contributed by atoms with Gasteiger partial charge in [0.25, 0.3) is 5.91 Å². The lowest BCUT2D eigenvalue weighted by atomic mass is 10.1. The number of fused-ring (bicyclic) bond motifs is 1. The van der Waals surface area contributed by atoms with Gasteiger partial charge < -0.3 is 33.6 Å². The Morgan fingerprint density at radius 2 is 1.71 bits per heavy atom. The normalized spacial score (nSPS) is 14.2. The Kier molecular flexibility index (Phi) is 8.94. The highest BCUT2D eigenvalue weighted by molar-refractivity contribution is 5.97. The van der Waals surface area contributed by atoms with Crippen molar-refractivity contribution in [3.8, 4) is 34.3 Å². The van der Waals surface area contributed by atoms with E-state index < -0.39 is 0 Å². The molecule has 1 saturated heterocycles. The summed E-state index contributed by atoms with van der Waals surface area (Å²) in [5.41, 5.74) is 2.00. The van der Waals surface area contributed by atoms with Gasteiger partial charge in [0.1, 0.15) is 18.0 Å². The molecule has 11 nitrogen and oxygen atoms in total. The van der Waals surface area contributed by atoms with Gasteiger partial charge in [-0.2, -0.15) is 0 Å². The van der Waals surface area contributed by atoms with Gasteiger partial charge in [-0.3, -0.25) is 9.59 Å². The van der Waals surface area contributed by atoms with Crippen molar-refractivity contribution in [3.63, 3.8) is 0 Å². The lowest BCUT2D eigenvalue weighted by molar-refractivity contribution is -0.132. The first kappa shape index (κ1) is 29.0. The molecule has 0 bridgehead atoms. The van der Waals surface area contributed by atoms with Crippen LogP contribution in [0.15, 0.2) is 48.5 Å². The van der Waals surface area contributed by atoms with Crippen molar-refractivity contribution in [3.05, 3.63) is 54.1 Å². The molecule has 3 heterocycles. The SMILES string of the molecule is COc1ccc(-c2ccc(N3CCN(C(=O)CN(CCC(C)C)C(=O)c4ccc5c(c4)OCO5)CC3)nn2)c(OC)c1. The Hall–Kier alpha value is -4.54. The zero-order chi connectivity index (χ0) is 29.6. The van der Waals surface area contributed by atoms with E-state index in [4.69, 9.17) is 18.9 Å². The second-order valence-electron chi connectivity index (χ2n) is 10.7. The van der Waals surface area contributed by atoms with Crippen LogP contribution in [0.4, 0.5) is 5.82 Å². The van der Waals surface area contributed by atoms with Crippen molar-refractivity contribution in [2.24, 2.45) is 5.92 Å². The second-order valence-corrected chi connectivity index (χ2v) is 10.7. The Labute approximate surface area is 245 Å². The van der Waals surface area contributed by atoms with E-state index in [0.29, 0.717) is 72.9 Å². The number of carbonyl (C=O) groups is 2. The number of rotatable bonds is 10. The highest BCUT2D eigenvalue weighted by atomic mass is 16.7. The first-order chi connectivity index (χ1) is 20.4. The fraction of sp³-hybridized carbons (Fsp3) is 0.419.